The minimum atomic E-state index is -3.94. The van der Waals surface area contributed by atoms with Gasteiger partial charge in [-0.15, -0.1) is 23.2 Å². The molecule has 18 nitrogen and oxygen atoms in total. The largest absolute Gasteiger partial charge is 0.444 e. The molecule has 0 aliphatic rings. The maximum atomic E-state index is 12.2. The Labute approximate surface area is 349 Å². The van der Waals surface area contributed by atoms with E-state index < -0.39 is 47.0 Å². The number of carbonyl (C=O) groups excluding carboxylic acids is 2. The average Bonchev–Trinajstić information content (AvgIpc) is 3.10. The van der Waals surface area contributed by atoms with E-state index >= 15 is 0 Å². The summed E-state index contributed by atoms with van der Waals surface area (Å²) in [4.78, 5) is 47.6. The van der Waals surface area contributed by atoms with E-state index in [1.165, 1.54) is 42.5 Å². The summed E-state index contributed by atoms with van der Waals surface area (Å²) in [7, 11) is -1.64. The van der Waals surface area contributed by atoms with Crippen LogP contribution in [0.2, 0.25) is 0 Å². The lowest BCUT2D eigenvalue weighted by Gasteiger charge is -2.19. The fourth-order valence-electron chi connectivity index (χ4n) is 3.91. The first-order valence-electron chi connectivity index (χ1n) is 17.4. The summed E-state index contributed by atoms with van der Waals surface area (Å²) in [6.07, 6.45) is 4.05. The molecule has 0 aliphatic carbocycles. The zero-order valence-corrected chi connectivity index (χ0v) is 37.1. The maximum Gasteiger partial charge on any atom is 0.407 e. The molecule has 2 amide bonds. The number of nitro groups is 1. The van der Waals surface area contributed by atoms with Crippen LogP contribution in [-0.4, -0.2) is 88.7 Å². The van der Waals surface area contributed by atoms with Crippen LogP contribution in [0.1, 0.15) is 80.1 Å². The third kappa shape index (κ3) is 28.5. The molecule has 2 aromatic carbocycles. The Morgan fingerprint density at radius 2 is 1.12 bits per heavy atom. The van der Waals surface area contributed by atoms with E-state index in [4.69, 9.17) is 49.1 Å². The first-order valence-corrected chi connectivity index (χ1v) is 22.3. The van der Waals surface area contributed by atoms with Crippen molar-refractivity contribution in [2.45, 2.75) is 101 Å². The van der Waals surface area contributed by atoms with E-state index in [1.54, 1.807) is 20.8 Å². The van der Waals surface area contributed by atoms with Crippen molar-refractivity contribution < 1.29 is 50.6 Å². The Kier molecular flexibility index (Phi) is 28.1. The summed E-state index contributed by atoms with van der Waals surface area (Å²) < 4.78 is 58.9. The minimum Gasteiger partial charge on any atom is -0.444 e. The molecule has 5 N–H and O–H groups in total. The molecular weight excluding hydrogens is 855 g/mol. The van der Waals surface area contributed by atoms with Crippen LogP contribution in [0.4, 0.5) is 21.0 Å². The Bertz CT molecular complexity index is 1740. The summed E-state index contributed by atoms with van der Waals surface area (Å²) >= 11 is 9.53. The summed E-state index contributed by atoms with van der Waals surface area (Å²) in [5, 5.41) is 16.4. The number of hydrogen-bond acceptors (Lipinski definition) is 13. The number of alkyl carbamates (subject to hydrolysis) is 2. The molecule has 0 fully saturated rings. The SMILES string of the molecule is CC(C)(C)OC(=O)NCCCCCN.CC(C)(C)OC(=O)NCCCCCNS(=O)(=O)c1ccccc1[N+](=O)[O-].CO[N+](=O)c1ccccc1S(=O)(=O)Cl.ClCCl. The third-order valence-electron chi connectivity index (χ3n) is 6.20. The van der Waals surface area contributed by atoms with Gasteiger partial charge in [0, 0.05) is 42.4 Å². The lowest BCUT2D eigenvalue weighted by Crippen LogP contribution is -2.33. The van der Waals surface area contributed by atoms with E-state index in [-0.39, 0.29) is 38.4 Å². The third-order valence-corrected chi connectivity index (χ3v) is 9.08. The van der Waals surface area contributed by atoms with Crippen molar-refractivity contribution in [2.75, 3.05) is 38.6 Å². The number of nitrogens with zero attached hydrogens (tertiary/aromatic N) is 2. The number of nitrogens with two attached hydrogens (primary N) is 1. The molecule has 0 aromatic heterocycles. The van der Waals surface area contributed by atoms with Gasteiger partial charge in [0.25, 0.3) is 19.7 Å². The number of rotatable bonds is 17. The second-order valence-corrected chi connectivity index (χ2v) is 18.4. The number of carbonyl (C=O) groups is 2. The zero-order chi connectivity index (χ0) is 44.3. The molecule has 0 radical (unpaired) electrons. The van der Waals surface area contributed by atoms with Gasteiger partial charge < -0.3 is 25.8 Å². The summed E-state index contributed by atoms with van der Waals surface area (Å²) in [6.45, 7) is 12.8. The van der Waals surface area contributed by atoms with Crippen molar-refractivity contribution in [1.29, 1.82) is 0 Å². The number of unbranched alkanes of at least 4 members (excludes halogenated alkanes) is 4. The fraction of sp³-hybridized carbons (Fsp3) is 0.588. The monoisotopic (exact) mass is 909 g/mol. The molecule has 326 valence electrons. The normalized spacial score (nSPS) is 11.1. The van der Waals surface area contributed by atoms with Crippen molar-refractivity contribution in [3.05, 3.63) is 63.6 Å². The zero-order valence-electron chi connectivity index (χ0n) is 33.2. The van der Waals surface area contributed by atoms with Gasteiger partial charge >= 0.3 is 17.9 Å². The Morgan fingerprint density at radius 3 is 1.53 bits per heavy atom. The van der Waals surface area contributed by atoms with E-state index in [2.05, 4.69) is 20.2 Å². The van der Waals surface area contributed by atoms with E-state index in [9.17, 15) is 41.4 Å². The number of hydrogen-bond donors (Lipinski definition) is 4. The molecular formula is C34H56Cl3N6O12S2+. The molecule has 0 saturated heterocycles. The first-order chi connectivity index (χ1) is 26.4. The molecule has 0 atom stereocenters. The van der Waals surface area contributed by atoms with Crippen molar-refractivity contribution in [3.63, 3.8) is 0 Å². The van der Waals surface area contributed by atoms with E-state index in [0.29, 0.717) is 38.9 Å². The quantitative estimate of drug-likeness (QED) is 0.0403. The average molecular weight is 911 g/mol. The molecule has 23 heteroatoms. The molecule has 2 rings (SSSR count). The van der Waals surface area contributed by atoms with Gasteiger partial charge in [-0.25, -0.2) is 36.0 Å². The number of halogens is 3. The molecule has 57 heavy (non-hydrogen) atoms. The predicted octanol–water partition coefficient (Wildman–Crippen LogP) is 7.22. The van der Waals surface area contributed by atoms with Crippen molar-refractivity contribution in [1.82, 2.24) is 15.4 Å². The minimum absolute atomic E-state index is 0.0786. The Balaban J connectivity index is 0. The lowest BCUT2D eigenvalue weighted by atomic mass is 10.2. The molecule has 0 bridgehead atoms. The van der Waals surface area contributed by atoms with Crippen LogP contribution in [0, 0.1) is 15.0 Å². The second-order valence-electron chi connectivity index (χ2n) is 13.3. The molecule has 0 saturated carbocycles. The summed E-state index contributed by atoms with van der Waals surface area (Å²) in [6, 6.07) is 10.7. The van der Waals surface area contributed by atoms with Crippen LogP contribution in [0.25, 0.3) is 0 Å². The van der Waals surface area contributed by atoms with Gasteiger partial charge in [-0.3, -0.25) is 10.1 Å². The molecule has 0 spiro atoms. The second kappa shape index (κ2) is 28.8. The molecule has 2 aromatic rings. The van der Waals surface area contributed by atoms with Gasteiger partial charge in [0.1, 0.15) is 11.2 Å². The van der Waals surface area contributed by atoms with Gasteiger partial charge in [-0.05, 0) is 85.9 Å². The first kappa shape index (κ1) is 55.6. The highest BCUT2D eigenvalue weighted by molar-refractivity contribution is 8.13. The highest BCUT2D eigenvalue weighted by Gasteiger charge is 2.28. The van der Waals surface area contributed by atoms with Crippen LogP contribution in [-0.2, 0) is 33.4 Å². The van der Waals surface area contributed by atoms with Crippen LogP contribution in [0.5, 0.6) is 0 Å². The summed E-state index contributed by atoms with van der Waals surface area (Å²) in [5.41, 5.74) is 3.77. The molecule has 0 aliphatic heterocycles. The van der Waals surface area contributed by atoms with Crippen LogP contribution in [0.3, 0.4) is 0 Å². The highest BCUT2D eigenvalue weighted by Crippen LogP contribution is 2.26. The molecule has 0 heterocycles. The van der Waals surface area contributed by atoms with E-state index in [0.717, 1.165) is 32.4 Å². The van der Waals surface area contributed by atoms with Crippen molar-refractivity contribution in [2.24, 2.45) is 5.73 Å². The van der Waals surface area contributed by atoms with Gasteiger partial charge in [-0.1, -0.05) is 37.1 Å². The van der Waals surface area contributed by atoms with Crippen molar-refractivity contribution >= 4 is 76.5 Å². The predicted molar refractivity (Wildman–Crippen MR) is 220 cm³/mol. The van der Waals surface area contributed by atoms with Gasteiger partial charge in [0.05, 0.1) is 15.2 Å². The van der Waals surface area contributed by atoms with Gasteiger partial charge in [-0.2, -0.15) is 0 Å². The number of benzene rings is 2. The van der Waals surface area contributed by atoms with Crippen LogP contribution >= 0.6 is 33.9 Å². The fourth-order valence-corrected chi connectivity index (χ4v) is 6.18. The Morgan fingerprint density at radius 1 is 0.719 bits per heavy atom. The van der Waals surface area contributed by atoms with Crippen molar-refractivity contribution in [3.8, 4) is 0 Å². The van der Waals surface area contributed by atoms with Crippen LogP contribution in [0.15, 0.2) is 58.3 Å². The smallest absolute Gasteiger partial charge is 0.407 e. The maximum absolute atomic E-state index is 12.2. The number of sulfonamides is 1. The number of nitro benzene ring substituents is 1. The standard InChI is InChI=1S/C16H25N3O6S.C10H22N2O2.C7H7ClNO4S.CH2Cl2/c1-16(2,3)25-15(20)17-11-7-4-8-12-18-26(23,24)14-10-6-5-9-13(14)19(21)22;1-10(2,3)14-9(13)12-8-6-4-5-7-11;1-13-9(10)6-4-2-3-5-7(6)14(8,11)12;2-1-3/h5-6,9-10,18H,4,7-8,11-12H2,1-3H3,(H,17,20);4-8,11H2,1-3H3,(H,12,13);2-5H,1H3;1H2/q;;+1;. The lowest BCUT2D eigenvalue weighted by molar-refractivity contribution is -0.738. The number of ether oxygens (including phenoxy) is 2. The van der Waals surface area contributed by atoms with Gasteiger partial charge in [0.15, 0.2) is 16.9 Å². The van der Waals surface area contributed by atoms with Crippen LogP contribution < -0.4 is 21.1 Å². The number of alkyl halides is 2. The number of para-hydroxylation sites is 2. The Hall–Kier alpha value is -3.53. The topological polar surface area (TPSA) is 255 Å². The molecule has 0 unspecified atom stereocenters. The highest BCUT2D eigenvalue weighted by atomic mass is 35.7. The van der Waals surface area contributed by atoms with E-state index in [1.807, 2.05) is 20.8 Å². The number of amides is 2. The summed E-state index contributed by atoms with van der Waals surface area (Å²) in [5.74, 6) is 0. The van der Waals surface area contributed by atoms with Gasteiger partial charge in [0.2, 0.25) is 10.0 Å². The number of nitrogens with one attached hydrogen (secondary N) is 3.